The third-order valence-corrected chi connectivity index (χ3v) is 5.71. The Hall–Kier alpha value is -2.08. The van der Waals surface area contributed by atoms with Gasteiger partial charge in [0.1, 0.15) is 11.5 Å². The van der Waals surface area contributed by atoms with Crippen molar-refractivity contribution in [3.05, 3.63) is 53.0 Å². The van der Waals surface area contributed by atoms with Crippen LogP contribution in [0.2, 0.25) is 0 Å². The molecule has 0 saturated heterocycles. The lowest BCUT2D eigenvalue weighted by Gasteiger charge is -2.26. The highest BCUT2D eigenvalue weighted by atomic mass is 32.2. The minimum atomic E-state index is -3.25. The van der Waals surface area contributed by atoms with Crippen LogP contribution in [0.3, 0.4) is 0 Å². The van der Waals surface area contributed by atoms with Crippen molar-refractivity contribution in [3.8, 4) is 0 Å². The molecule has 6 heteroatoms. The summed E-state index contributed by atoms with van der Waals surface area (Å²) in [4.78, 5) is 12.7. The molecule has 0 spiro atoms. The zero-order chi connectivity index (χ0) is 15.9. The summed E-state index contributed by atoms with van der Waals surface area (Å²) in [6, 6.07) is 8.22. The molecule has 1 N–H and O–H groups in total. The predicted octanol–water partition coefficient (Wildman–Crippen LogP) is 2.54. The first kappa shape index (κ1) is 14.8. The van der Waals surface area contributed by atoms with Crippen molar-refractivity contribution in [1.29, 1.82) is 0 Å². The SMILES string of the molecule is Cc1cc(C(=O)N[C@H]2CCS(=O)(=O)c3ccccc32)c(C)o1. The van der Waals surface area contributed by atoms with Gasteiger partial charge < -0.3 is 9.73 Å². The van der Waals surface area contributed by atoms with E-state index in [0.717, 1.165) is 0 Å². The molecule has 1 aromatic heterocycles. The van der Waals surface area contributed by atoms with E-state index in [2.05, 4.69) is 5.32 Å². The standard InChI is InChI=1S/C16H17NO4S/c1-10-9-13(11(2)21-10)16(18)17-14-7-8-22(19,20)15-6-4-3-5-12(14)15/h3-6,9,14H,7-8H2,1-2H3,(H,17,18)/t14-/m0/s1. The minimum Gasteiger partial charge on any atom is -0.466 e. The van der Waals surface area contributed by atoms with Crippen molar-refractivity contribution >= 4 is 15.7 Å². The highest BCUT2D eigenvalue weighted by molar-refractivity contribution is 7.91. The Balaban J connectivity index is 1.91. The van der Waals surface area contributed by atoms with Crippen molar-refractivity contribution in [1.82, 2.24) is 5.32 Å². The summed E-state index contributed by atoms with van der Waals surface area (Å²) in [5.74, 6) is 1.03. The van der Waals surface area contributed by atoms with Gasteiger partial charge in [-0.2, -0.15) is 0 Å². The number of carbonyl (C=O) groups excluding carboxylic acids is 1. The van der Waals surface area contributed by atoms with E-state index in [9.17, 15) is 13.2 Å². The molecule has 0 unspecified atom stereocenters. The molecule has 1 aliphatic heterocycles. The maximum atomic E-state index is 12.4. The lowest BCUT2D eigenvalue weighted by molar-refractivity contribution is 0.0933. The number of benzene rings is 1. The van der Waals surface area contributed by atoms with Crippen LogP contribution in [0.25, 0.3) is 0 Å². The van der Waals surface area contributed by atoms with Crippen LogP contribution >= 0.6 is 0 Å². The zero-order valence-corrected chi connectivity index (χ0v) is 13.2. The third kappa shape index (κ3) is 2.54. The molecule has 0 bridgehead atoms. The number of fused-ring (bicyclic) bond motifs is 1. The quantitative estimate of drug-likeness (QED) is 0.923. The summed E-state index contributed by atoms with van der Waals surface area (Å²) in [5, 5.41) is 2.92. The van der Waals surface area contributed by atoms with Gasteiger partial charge in [-0.15, -0.1) is 0 Å². The molecule has 0 aliphatic carbocycles. The fraction of sp³-hybridized carbons (Fsp3) is 0.312. The largest absolute Gasteiger partial charge is 0.466 e. The number of sulfone groups is 1. The topological polar surface area (TPSA) is 76.4 Å². The lowest BCUT2D eigenvalue weighted by atomic mass is 10.0. The van der Waals surface area contributed by atoms with Gasteiger partial charge in [-0.25, -0.2) is 8.42 Å². The molecule has 1 aliphatic rings. The van der Waals surface area contributed by atoms with Crippen LogP contribution in [0.4, 0.5) is 0 Å². The second kappa shape index (κ2) is 5.28. The molecule has 3 rings (SSSR count). The average molecular weight is 319 g/mol. The van der Waals surface area contributed by atoms with Crippen LogP contribution in [0, 0.1) is 13.8 Å². The number of nitrogens with one attached hydrogen (secondary N) is 1. The van der Waals surface area contributed by atoms with Gasteiger partial charge >= 0.3 is 0 Å². The molecule has 2 aromatic rings. The molecular weight excluding hydrogens is 302 g/mol. The molecule has 0 radical (unpaired) electrons. The predicted molar refractivity (Wildman–Crippen MR) is 81.5 cm³/mol. The van der Waals surface area contributed by atoms with Crippen molar-refractivity contribution in [3.63, 3.8) is 0 Å². The maximum Gasteiger partial charge on any atom is 0.255 e. The molecular formula is C16H17NO4S. The molecule has 0 fully saturated rings. The molecule has 2 heterocycles. The highest BCUT2D eigenvalue weighted by Gasteiger charge is 2.31. The van der Waals surface area contributed by atoms with Gasteiger partial charge in [0.05, 0.1) is 22.3 Å². The van der Waals surface area contributed by atoms with Crippen LogP contribution in [0.1, 0.15) is 39.9 Å². The Labute approximate surface area is 129 Å². The normalized spacial score (nSPS) is 19.5. The Morgan fingerprint density at radius 1 is 1.27 bits per heavy atom. The summed E-state index contributed by atoms with van der Waals surface area (Å²) >= 11 is 0. The zero-order valence-electron chi connectivity index (χ0n) is 12.4. The molecule has 5 nitrogen and oxygen atoms in total. The van der Waals surface area contributed by atoms with E-state index < -0.39 is 9.84 Å². The number of hydrogen-bond acceptors (Lipinski definition) is 4. The molecule has 1 aromatic carbocycles. The van der Waals surface area contributed by atoms with E-state index in [1.165, 1.54) is 0 Å². The van der Waals surface area contributed by atoms with Crippen molar-refractivity contribution < 1.29 is 17.6 Å². The van der Waals surface area contributed by atoms with E-state index in [0.29, 0.717) is 34.0 Å². The van der Waals surface area contributed by atoms with E-state index in [1.807, 2.05) is 0 Å². The van der Waals surface area contributed by atoms with E-state index in [4.69, 9.17) is 4.42 Å². The number of hydrogen-bond donors (Lipinski definition) is 1. The summed E-state index contributed by atoms with van der Waals surface area (Å²) in [7, 11) is -3.25. The number of furan rings is 1. The Morgan fingerprint density at radius 2 is 2.00 bits per heavy atom. The van der Waals surface area contributed by atoms with Crippen molar-refractivity contribution in [2.45, 2.75) is 31.2 Å². The Kier molecular flexibility index (Phi) is 3.56. The monoisotopic (exact) mass is 319 g/mol. The fourth-order valence-corrected chi connectivity index (χ4v) is 4.45. The first-order valence-corrected chi connectivity index (χ1v) is 8.73. The summed E-state index contributed by atoms with van der Waals surface area (Å²) in [5.41, 5.74) is 1.14. The van der Waals surface area contributed by atoms with Crippen molar-refractivity contribution in [2.75, 3.05) is 5.75 Å². The average Bonchev–Trinajstić information content (AvgIpc) is 2.81. The number of amides is 1. The van der Waals surface area contributed by atoms with Gasteiger partial charge in [0.25, 0.3) is 5.91 Å². The van der Waals surface area contributed by atoms with Gasteiger partial charge in [0, 0.05) is 0 Å². The van der Waals surface area contributed by atoms with E-state index in [-0.39, 0.29) is 17.7 Å². The second-order valence-corrected chi connectivity index (χ2v) is 7.58. The smallest absolute Gasteiger partial charge is 0.255 e. The number of aryl methyl sites for hydroxylation is 2. The Morgan fingerprint density at radius 3 is 2.68 bits per heavy atom. The van der Waals surface area contributed by atoms with Crippen LogP contribution in [-0.4, -0.2) is 20.1 Å². The maximum absolute atomic E-state index is 12.4. The lowest BCUT2D eigenvalue weighted by Crippen LogP contribution is -2.34. The van der Waals surface area contributed by atoms with Gasteiger partial charge in [-0.3, -0.25) is 4.79 Å². The molecule has 22 heavy (non-hydrogen) atoms. The highest BCUT2D eigenvalue weighted by Crippen LogP contribution is 2.32. The van der Waals surface area contributed by atoms with Gasteiger partial charge in [-0.05, 0) is 38.0 Å². The number of carbonyl (C=O) groups is 1. The van der Waals surface area contributed by atoms with Gasteiger partial charge in [-0.1, -0.05) is 18.2 Å². The van der Waals surface area contributed by atoms with Crippen LogP contribution in [-0.2, 0) is 9.84 Å². The Bertz CT molecular complexity index is 836. The van der Waals surface area contributed by atoms with Gasteiger partial charge in [0.2, 0.25) is 0 Å². The molecule has 1 atom stereocenters. The minimum absolute atomic E-state index is 0.0400. The fourth-order valence-electron chi connectivity index (χ4n) is 2.83. The summed E-state index contributed by atoms with van der Waals surface area (Å²) < 4.78 is 29.6. The van der Waals surface area contributed by atoms with E-state index >= 15 is 0 Å². The van der Waals surface area contributed by atoms with Crippen LogP contribution < -0.4 is 5.32 Å². The first-order chi connectivity index (χ1) is 10.4. The number of rotatable bonds is 2. The molecule has 1 amide bonds. The van der Waals surface area contributed by atoms with Crippen LogP contribution in [0.15, 0.2) is 39.6 Å². The van der Waals surface area contributed by atoms with Crippen LogP contribution in [0.5, 0.6) is 0 Å². The van der Waals surface area contributed by atoms with E-state index in [1.54, 1.807) is 44.2 Å². The second-order valence-electron chi connectivity index (χ2n) is 5.50. The molecule has 0 saturated carbocycles. The van der Waals surface area contributed by atoms with Gasteiger partial charge in [0.15, 0.2) is 9.84 Å². The summed E-state index contributed by atoms with van der Waals surface area (Å²) in [6.07, 6.45) is 0.376. The third-order valence-electron chi connectivity index (χ3n) is 3.90. The van der Waals surface area contributed by atoms with Crippen molar-refractivity contribution in [2.24, 2.45) is 0 Å². The molecule has 116 valence electrons. The first-order valence-electron chi connectivity index (χ1n) is 7.08. The summed E-state index contributed by atoms with van der Waals surface area (Å²) in [6.45, 7) is 3.52.